The Morgan fingerprint density at radius 2 is 1.76 bits per heavy atom. The Morgan fingerprint density at radius 1 is 1.03 bits per heavy atom. The lowest BCUT2D eigenvalue weighted by Crippen LogP contribution is -2.12. The monoisotopic (exact) mass is 463 g/mol. The molecule has 3 aromatic rings. The fourth-order valence-electron chi connectivity index (χ4n) is 3.14. The number of benzene rings is 2. The highest BCUT2D eigenvalue weighted by atomic mass is 32.1. The van der Waals surface area contributed by atoms with Gasteiger partial charge in [-0.05, 0) is 49.6 Å². The van der Waals surface area contributed by atoms with Gasteiger partial charge in [-0.15, -0.1) is 11.3 Å². The Morgan fingerprint density at radius 3 is 2.42 bits per heavy atom. The molecule has 1 heterocycles. The van der Waals surface area contributed by atoms with Crippen LogP contribution in [0.4, 0.5) is 5.00 Å². The number of carbonyl (C=O) groups is 2. The Balaban J connectivity index is 1.73. The standard InChI is InChI=1S/C27H29NO4S/c1-4-6-17-32-22-14-9-20(10-15-22)11-16-24(29)28-26-25(27(30)31-5-2)23(18-33-26)21-12-7-19(3)8-13-21/h7-16,18H,4-6,17H2,1-3H3,(H,28,29). The highest BCUT2D eigenvalue weighted by Gasteiger charge is 2.22. The number of carbonyl (C=O) groups excluding carboxylic acids is 2. The second kappa shape index (κ2) is 12.0. The van der Waals surface area contributed by atoms with Crippen LogP contribution in [0.15, 0.2) is 60.0 Å². The van der Waals surface area contributed by atoms with Gasteiger partial charge in [-0.3, -0.25) is 4.79 Å². The van der Waals surface area contributed by atoms with Crippen molar-refractivity contribution in [1.82, 2.24) is 0 Å². The van der Waals surface area contributed by atoms with Crippen LogP contribution >= 0.6 is 11.3 Å². The summed E-state index contributed by atoms with van der Waals surface area (Å²) in [6, 6.07) is 15.5. The van der Waals surface area contributed by atoms with E-state index in [4.69, 9.17) is 9.47 Å². The minimum atomic E-state index is -0.452. The lowest BCUT2D eigenvalue weighted by Gasteiger charge is -2.08. The molecule has 33 heavy (non-hydrogen) atoms. The van der Waals surface area contributed by atoms with Gasteiger partial charge >= 0.3 is 5.97 Å². The van der Waals surface area contributed by atoms with Crippen LogP contribution in [-0.4, -0.2) is 25.1 Å². The van der Waals surface area contributed by atoms with Gasteiger partial charge in [0.15, 0.2) is 0 Å². The SMILES string of the molecule is CCCCOc1ccc(C=CC(=O)Nc2scc(-c3ccc(C)cc3)c2C(=O)OCC)cc1. The molecule has 0 unspecified atom stereocenters. The van der Waals surface area contributed by atoms with E-state index >= 15 is 0 Å². The van der Waals surface area contributed by atoms with Crippen LogP contribution in [0.1, 0.15) is 48.2 Å². The molecule has 1 amide bonds. The number of thiophene rings is 1. The van der Waals surface area contributed by atoms with Crippen molar-refractivity contribution in [3.8, 4) is 16.9 Å². The molecule has 0 bridgehead atoms. The minimum Gasteiger partial charge on any atom is -0.494 e. The number of unbranched alkanes of at least 4 members (excludes halogenated alkanes) is 1. The van der Waals surface area contributed by atoms with Crippen LogP contribution in [-0.2, 0) is 9.53 Å². The number of aryl methyl sites for hydroxylation is 1. The first-order valence-electron chi connectivity index (χ1n) is 11.1. The smallest absolute Gasteiger partial charge is 0.341 e. The van der Waals surface area contributed by atoms with E-state index in [0.717, 1.165) is 40.8 Å². The third-order valence-corrected chi connectivity index (χ3v) is 5.84. The maximum Gasteiger partial charge on any atom is 0.341 e. The summed E-state index contributed by atoms with van der Waals surface area (Å²) in [4.78, 5) is 25.3. The van der Waals surface area contributed by atoms with Crippen molar-refractivity contribution in [3.05, 3.63) is 76.7 Å². The van der Waals surface area contributed by atoms with E-state index in [1.807, 2.05) is 60.8 Å². The van der Waals surface area contributed by atoms with Gasteiger partial charge < -0.3 is 14.8 Å². The van der Waals surface area contributed by atoms with Crippen molar-refractivity contribution in [1.29, 1.82) is 0 Å². The average molecular weight is 464 g/mol. The summed E-state index contributed by atoms with van der Waals surface area (Å²) in [5.41, 5.74) is 4.03. The third-order valence-electron chi connectivity index (χ3n) is 4.94. The number of ether oxygens (including phenoxy) is 2. The molecule has 0 aliphatic rings. The molecule has 0 atom stereocenters. The molecular weight excluding hydrogens is 434 g/mol. The van der Waals surface area contributed by atoms with Crippen molar-refractivity contribution >= 4 is 34.3 Å². The van der Waals surface area contributed by atoms with Gasteiger partial charge in [0.1, 0.15) is 16.3 Å². The van der Waals surface area contributed by atoms with E-state index in [9.17, 15) is 9.59 Å². The van der Waals surface area contributed by atoms with Crippen LogP contribution in [0.2, 0.25) is 0 Å². The van der Waals surface area contributed by atoms with Crippen LogP contribution in [0.3, 0.4) is 0 Å². The van der Waals surface area contributed by atoms with E-state index < -0.39 is 5.97 Å². The first-order chi connectivity index (χ1) is 16.0. The van der Waals surface area contributed by atoms with Gasteiger partial charge in [-0.25, -0.2) is 4.79 Å². The molecule has 0 fully saturated rings. The topological polar surface area (TPSA) is 64.6 Å². The first kappa shape index (κ1) is 24.3. The zero-order valence-corrected chi connectivity index (χ0v) is 20.0. The van der Waals surface area contributed by atoms with E-state index in [1.165, 1.54) is 17.4 Å². The van der Waals surface area contributed by atoms with Gasteiger partial charge in [0.05, 0.1) is 13.2 Å². The summed E-state index contributed by atoms with van der Waals surface area (Å²) < 4.78 is 10.9. The number of hydrogen-bond acceptors (Lipinski definition) is 5. The number of anilines is 1. The van der Waals surface area contributed by atoms with Crippen LogP contribution in [0.25, 0.3) is 17.2 Å². The summed E-state index contributed by atoms with van der Waals surface area (Å²) in [6.45, 7) is 6.85. The Hall–Kier alpha value is -3.38. The highest BCUT2D eigenvalue weighted by Crippen LogP contribution is 2.36. The zero-order chi connectivity index (χ0) is 23.6. The fourth-order valence-corrected chi connectivity index (χ4v) is 4.10. The molecule has 172 valence electrons. The predicted octanol–water partition coefficient (Wildman–Crippen LogP) is 6.73. The van der Waals surface area contributed by atoms with Gasteiger partial charge in [-0.2, -0.15) is 0 Å². The molecule has 2 aromatic carbocycles. The highest BCUT2D eigenvalue weighted by molar-refractivity contribution is 7.15. The summed E-state index contributed by atoms with van der Waals surface area (Å²) in [7, 11) is 0. The summed E-state index contributed by atoms with van der Waals surface area (Å²) in [5.74, 6) is 0.0414. The number of hydrogen-bond donors (Lipinski definition) is 1. The van der Waals surface area contributed by atoms with Gasteiger partial charge in [0.2, 0.25) is 5.91 Å². The normalized spacial score (nSPS) is 10.9. The third kappa shape index (κ3) is 6.80. The quantitative estimate of drug-likeness (QED) is 0.206. The Kier molecular flexibility index (Phi) is 8.84. The molecule has 0 saturated carbocycles. The second-order valence-corrected chi connectivity index (χ2v) is 8.41. The van der Waals surface area contributed by atoms with E-state index in [0.29, 0.717) is 17.2 Å². The largest absolute Gasteiger partial charge is 0.494 e. The predicted molar refractivity (Wildman–Crippen MR) is 135 cm³/mol. The van der Waals surface area contributed by atoms with E-state index in [-0.39, 0.29) is 12.5 Å². The van der Waals surface area contributed by atoms with Crippen molar-refractivity contribution < 1.29 is 19.1 Å². The molecule has 1 N–H and O–H groups in total. The number of amides is 1. The van der Waals surface area contributed by atoms with Crippen LogP contribution in [0.5, 0.6) is 5.75 Å². The van der Waals surface area contributed by atoms with Crippen LogP contribution < -0.4 is 10.1 Å². The summed E-state index contributed by atoms with van der Waals surface area (Å²) in [6.07, 6.45) is 5.28. The molecule has 0 spiro atoms. The molecule has 0 saturated heterocycles. The lowest BCUT2D eigenvalue weighted by molar-refractivity contribution is -0.111. The lowest BCUT2D eigenvalue weighted by atomic mass is 10.0. The maximum absolute atomic E-state index is 12.7. The van der Waals surface area contributed by atoms with Crippen molar-refractivity contribution in [2.24, 2.45) is 0 Å². The molecule has 0 aliphatic carbocycles. The zero-order valence-electron chi connectivity index (χ0n) is 19.2. The molecule has 3 rings (SSSR count). The number of nitrogens with one attached hydrogen (secondary N) is 1. The molecule has 1 aromatic heterocycles. The maximum atomic E-state index is 12.7. The average Bonchev–Trinajstić information content (AvgIpc) is 3.23. The van der Waals surface area contributed by atoms with Gasteiger partial charge in [-0.1, -0.05) is 55.3 Å². The molecular formula is C27H29NO4S. The molecule has 0 radical (unpaired) electrons. The van der Waals surface area contributed by atoms with E-state index in [1.54, 1.807) is 13.0 Å². The van der Waals surface area contributed by atoms with Gasteiger partial charge in [0, 0.05) is 17.0 Å². The Bertz CT molecular complexity index is 1100. The molecule has 5 nitrogen and oxygen atoms in total. The van der Waals surface area contributed by atoms with Gasteiger partial charge in [0.25, 0.3) is 0 Å². The molecule has 6 heteroatoms. The van der Waals surface area contributed by atoms with Crippen molar-refractivity contribution in [3.63, 3.8) is 0 Å². The summed E-state index contributed by atoms with van der Waals surface area (Å²) in [5, 5.41) is 5.17. The Labute approximate surface area is 199 Å². The van der Waals surface area contributed by atoms with E-state index in [2.05, 4.69) is 12.2 Å². The number of esters is 1. The minimum absolute atomic E-state index is 0.257. The van der Waals surface area contributed by atoms with Crippen LogP contribution in [0, 0.1) is 6.92 Å². The fraction of sp³-hybridized carbons (Fsp3) is 0.259. The second-order valence-electron chi connectivity index (χ2n) is 7.53. The number of rotatable bonds is 10. The van der Waals surface area contributed by atoms with Crippen molar-refractivity contribution in [2.75, 3.05) is 18.5 Å². The summed E-state index contributed by atoms with van der Waals surface area (Å²) >= 11 is 1.31. The van der Waals surface area contributed by atoms with Crippen molar-refractivity contribution in [2.45, 2.75) is 33.6 Å². The first-order valence-corrected chi connectivity index (χ1v) is 12.0. The molecule has 0 aliphatic heterocycles.